The van der Waals surface area contributed by atoms with Crippen LogP contribution in [-0.2, 0) is 11.3 Å². The van der Waals surface area contributed by atoms with Crippen LogP contribution in [0.1, 0.15) is 24.5 Å². The summed E-state index contributed by atoms with van der Waals surface area (Å²) in [7, 11) is 0. The fraction of sp³-hybridized carbons (Fsp3) is 0.400. The molecule has 0 heterocycles. The molecule has 1 aromatic rings. The molecule has 3 nitrogen and oxygen atoms in total. The van der Waals surface area contributed by atoms with Crippen molar-refractivity contribution in [3.05, 3.63) is 35.4 Å². The summed E-state index contributed by atoms with van der Waals surface area (Å²) in [6.07, 6.45) is 1.02. The highest BCUT2D eigenvalue weighted by Gasteiger charge is 2.38. The first-order chi connectivity index (χ1) is 8.70. The molecule has 0 aromatic heterocycles. The maximum absolute atomic E-state index is 11.6. The van der Waals surface area contributed by atoms with E-state index in [4.69, 9.17) is 5.11 Å². The van der Waals surface area contributed by atoms with Crippen LogP contribution in [0.25, 0.3) is 0 Å². The van der Waals surface area contributed by atoms with E-state index in [9.17, 15) is 4.79 Å². The van der Waals surface area contributed by atoms with Crippen molar-refractivity contribution < 1.29 is 9.90 Å². The summed E-state index contributed by atoms with van der Waals surface area (Å²) in [5.41, 5.74) is 1.93. The Labute approximate surface area is 107 Å². The van der Waals surface area contributed by atoms with Gasteiger partial charge in [0, 0.05) is 18.0 Å². The molecule has 2 atom stereocenters. The lowest BCUT2D eigenvalue weighted by Crippen LogP contribution is -2.24. The summed E-state index contributed by atoms with van der Waals surface area (Å²) >= 11 is 0. The van der Waals surface area contributed by atoms with E-state index in [1.54, 1.807) is 0 Å². The largest absolute Gasteiger partial charge is 0.384 e. The standard InChI is InChI=1S/C15H17NO2/c1-11-9-14(11)15(18)16-10-13-6-4-12(5-7-13)3-2-8-17/h4-7,11,14,17H,8-10H2,1H3,(H,16,18). The highest BCUT2D eigenvalue weighted by atomic mass is 16.2. The first-order valence-electron chi connectivity index (χ1n) is 6.17. The number of nitrogens with one attached hydrogen (secondary N) is 1. The maximum Gasteiger partial charge on any atom is 0.223 e. The number of benzene rings is 1. The summed E-state index contributed by atoms with van der Waals surface area (Å²) in [6, 6.07) is 7.67. The molecule has 1 aliphatic rings. The van der Waals surface area contributed by atoms with Crippen molar-refractivity contribution >= 4 is 5.91 Å². The molecule has 0 saturated heterocycles. The molecule has 2 rings (SSSR count). The van der Waals surface area contributed by atoms with Crippen LogP contribution in [0, 0.1) is 23.7 Å². The van der Waals surface area contributed by atoms with Gasteiger partial charge >= 0.3 is 0 Å². The quantitative estimate of drug-likeness (QED) is 0.786. The van der Waals surface area contributed by atoms with E-state index in [1.165, 1.54) is 0 Å². The second kappa shape index (κ2) is 5.70. The van der Waals surface area contributed by atoms with E-state index in [0.717, 1.165) is 17.5 Å². The molecule has 2 N–H and O–H groups in total. The van der Waals surface area contributed by atoms with E-state index in [-0.39, 0.29) is 18.4 Å². The number of carbonyl (C=O) groups is 1. The van der Waals surface area contributed by atoms with Crippen LogP contribution in [0.4, 0.5) is 0 Å². The zero-order valence-corrected chi connectivity index (χ0v) is 10.4. The minimum absolute atomic E-state index is 0.128. The fourth-order valence-corrected chi connectivity index (χ4v) is 1.86. The number of hydrogen-bond donors (Lipinski definition) is 2. The van der Waals surface area contributed by atoms with Crippen molar-refractivity contribution in [3.8, 4) is 11.8 Å². The summed E-state index contributed by atoms with van der Waals surface area (Å²) in [4.78, 5) is 11.6. The third-order valence-corrected chi connectivity index (χ3v) is 3.18. The Balaban J connectivity index is 1.84. The zero-order chi connectivity index (χ0) is 13.0. The minimum atomic E-state index is -0.128. The van der Waals surface area contributed by atoms with Crippen molar-refractivity contribution in [3.63, 3.8) is 0 Å². The Kier molecular flexibility index (Phi) is 4.01. The monoisotopic (exact) mass is 243 g/mol. The van der Waals surface area contributed by atoms with Crippen LogP contribution < -0.4 is 5.32 Å². The van der Waals surface area contributed by atoms with Gasteiger partial charge in [0.1, 0.15) is 6.61 Å². The number of hydrogen-bond acceptors (Lipinski definition) is 2. The second-order valence-corrected chi connectivity index (χ2v) is 4.69. The third kappa shape index (κ3) is 3.35. The normalized spacial score (nSPS) is 20.8. The van der Waals surface area contributed by atoms with Gasteiger partial charge < -0.3 is 10.4 Å². The van der Waals surface area contributed by atoms with Crippen molar-refractivity contribution in [2.75, 3.05) is 6.61 Å². The lowest BCUT2D eigenvalue weighted by atomic mass is 10.1. The van der Waals surface area contributed by atoms with Gasteiger partial charge in [-0.3, -0.25) is 4.79 Å². The molecular formula is C15H17NO2. The molecule has 1 amide bonds. The van der Waals surface area contributed by atoms with Crippen molar-refractivity contribution in [2.24, 2.45) is 11.8 Å². The first kappa shape index (κ1) is 12.7. The van der Waals surface area contributed by atoms with Gasteiger partial charge in [0.2, 0.25) is 5.91 Å². The summed E-state index contributed by atoms with van der Waals surface area (Å²) in [5.74, 6) is 6.35. The van der Waals surface area contributed by atoms with Gasteiger partial charge in [0.05, 0.1) is 0 Å². The number of aliphatic hydroxyl groups excluding tert-OH is 1. The van der Waals surface area contributed by atoms with E-state index in [0.29, 0.717) is 12.5 Å². The van der Waals surface area contributed by atoms with Gasteiger partial charge in [-0.15, -0.1) is 0 Å². The lowest BCUT2D eigenvalue weighted by molar-refractivity contribution is -0.122. The summed E-state index contributed by atoms with van der Waals surface area (Å²) in [6.45, 7) is 2.53. The molecule has 0 bridgehead atoms. The van der Waals surface area contributed by atoms with Gasteiger partial charge in [-0.2, -0.15) is 0 Å². The van der Waals surface area contributed by atoms with Gasteiger partial charge in [-0.1, -0.05) is 30.9 Å². The molecule has 3 heteroatoms. The Morgan fingerprint density at radius 1 is 1.44 bits per heavy atom. The predicted octanol–water partition coefficient (Wildman–Crippen LogP) is 1.30. The SMILES string of the molecule is CC1CC1C(=O)NCc1ccc(C#CCO)cc1. The average molecular weight is 243 g/mol. The van der Waals surface area contributed by atoms with Crippen LogP contribution in [-0.4, -0.2) is 17.6 Å². The van der Waals surface area contributed by atoms with Crippen LogP contribution in [0.5, 0.6) is 0 Å². The number of rotatable bonds is 3. The summed E-state index contributed by atoms with van der Waals surface area (Å²) < 4.78 is 0. The van der Waals surface area contributed by atoms with Crippen molar-refractivity contribution in [1.29, 1.82) is 0 Å². The molecule has 94 valence electrons. The average Bonchev–Trinajstić information content (AvgIpc) is 3.12. The molecule has 18 heavy (non-hydrogen) atoms. The first-order valence-corrected chi connectivity index (χ1v) is 6.17. The Morgan fingerprint density at radius 2 is 2.11 bits per heavy atom. The van der Waals surface area contributed by atoms with E-state index >= 15 is 0 Å². The Bertz CT molecular complexity index is 481. The lowest BCUT2D eigenvalue weighted by Gasteiger charge is -2.04. The Hall–Kier alpha value is -1.79. The number of amides is 1. The highest BCUT2D eigenvalue weighted by molar-refractivity contribution is 5.81. The molecule has 1 aliphatic carbocycles. The summed E-state index contributed by atoms with van der Waals surface area (Å²) in [5, 5.41) is 11.5. The second-order valence-electron chi connectivity index (χ2n) is 4.69. The maximum atomic E-state index is 11.6. The molecule has 0 spiro atoms. The highest BCUT2D eigenvalue weighted by Crippen LogP contribution is 2.37. The molecular weight excluding hydrogens is 226 g/mol. The van der Waals surface area contributed by atoms with Gasteiger partial charge in [-0.25, -0.2) is 0 Å². The van der Waals surface area contributed by atoms with Crippen LogP contribution in [0.15, 0.2) is 24.3 Å². The Morgan fingerprint density at radius 3 is 2.67 bits per heavy atom. The molecule has 1 saturated carbocycles. The topological polar surface area (TPSA) is 49.3 Å². The van der Waals surface area contributed by atoms with E-state index in [2.05, 4.69) is 24.1 Å². The van der Waals surface area contributed by atoms with E-state index in [1.807, 2.05) is 24.3 Å². The van der Waals surface area contributed by atoms with Crippen LogP contribution >= 0.6 is 0 Å². The van der Waals surface area contributed by atoms with Gasteiger partial charge in [-0.05, 0) is 30.0 Å². The van der Waals surface area contributed by atoms with Crippen LogP contribution in [0.3, 0.4) is 0 Å². The third-order valence-electron chi connectivity index (χ3n) is 3.18. The van der Waals surface area contributed by atoms with Gasteiger partial charge in [0.25, 0.3) is 0 Å². The fourth-order valence-electron chi connectivity index (χ4n) is 1.86. The number of aliphatic hydroxyl groups is 1. The number of carbonyl (C=O) groups excluding carboxylic acids is 1. The molecule has 0 radical (unpaired) electrons. The molecule has 1 fully saturated rings. The van der Waals surface area contributed by atoms with Crippen molar-refractivity contribution in [2.45, 2.75) is 19.9 Å². The van der Waals surface area contributed by atoms with E-state index < -0.39 is 0 Å². The van der Waals surface area contributed by atoms with Crippen molar-refractivity contribution in [1.82, 2.24) is 5.32 Å². The van der Waals surface area contributed by atoms with Crippen LogP contribution in [0.2, 0.25) is 0 Å². The molecule has 2 unspecified atom stereocenters. The predicted molar refractivity (Wildman–Crippen MR) is 69.5 cm³/mol. The zero-order valence-electron chi connectivity index (χ0n) is 10.4. The van der Waals surface area contributed by atoms with Gasteiger partial charge in [0.15, 0.2) is 0 Å². The molecule has 0 aliphatic heterocycles. The smallest absolute Gasteiger partial charge is 0.223 e. The molecule has 1 aromatic carbocycles. The minimum Gasteiger partial charge on any atom is -0.384 e.